The Morgan fingerprint density at radius 1 is 0.966 bits per heavy atom. The number of imidazole rings is 1. The van der Waals surface area contributed by atoms with Crippen LogP contribution in [0.5, 0.6) is 5.75 Å². The van der Waals surface area contributed by atoms with Crippen molar-refractivity contribution in [3.05, 3.63) is 71.7 Å². The molecule has 3 heterocycles. The minimum absolute atomic E-state index is 0. The molecule has 0 amide bonds. The fourth-order valence-electron chi connectivity index (χ4n) is 3.48. The van der Waals surface area contributed by atoms with E-state index in [0.717, 1.165) is 44.5 Å². The largest absolute Gasteiger partial charge is 0.497 e. The molecule has 0 saturated carbocycles. The second-order valence-corrected chi connectivity index (χ2v) is 7.98. The summed E-state index contributed by atoms with van der Waals surface area (Å²) in [5.74, 6) is 1.73. The number of aromatic nitrogens is 3. The van der Waals surface area contributed by atoms with Gasteiger partial charge >= 0.3 is 0 Å². The van der Waals surface area contributed by atoms with Crippen LogP contribution in [0, 0.1) is 6.92 Å². The molecule has 0 aliphatic heterocycles. The quantitative estimate of drug-likeness (QED) is 0.339. The lowest BCUT2D eigenvalue weighted by molar-refractivity contribution is 0.415. The zero-order chi connectivity index (χ0) is 19.1. The zero-order valence-corrected chi connectivity index (χ0v) is 17.7. The van der Waals surface area contributed by atoms with E-state index in [9.17, 15) is 0 Å². The minimum Gasteiger partial charge on any atom is -0.497 e. The number of hydrogen-bond acceptors (Lipinski definition) is 3. The molecule has 0 saturated heterocycles. The molecule has 5 aromatic rings. The number of ether oxygens (including phenoxy) is 1. The van der Waals surface area contributed by atoms with Gasteiger partial charge in [0.2, 0.25) is 0 Å². The van der Waals surface area contributed by atoms with Crippen LogP contribution in [0.4, 0.5) is 0 Å². The van der Waals surface area contributed by atoms with Gasteiger partial charge in [-0.1, -0.05) is 18.2 Å². The Labute approximate surface area is 179 Å². The van der Waals surface area contributed by atoms with E-state index in [-0.39, 0.29) is 12.4 Å². The van der Waals surface area contributed by atoms with Crippen LogP contribution in [0.25, 0.3) is 44.1 Å². The van der Waals surface area contributed by atoms with Crippen molar-refractivity contribution in [2.24, 2.45) is 0 Å². The number of hydrogen-bond donors (Lipinski definition) is 2. The van der Waals surface area contributed by atoms with Gasteiger partial charge in [0.15, 0.2) is 0 Å². The highest BCUT2D eigenvalue weighted by atomic mass is 35.5. The Kier molecular flexibility index (Phi) is 5.18. The first-order chi connectivity index (χ1) is 13.7. The van der Waals surface area contributed by atoms with Gasteiger partial charge in [0, 0.05) is 33.1 Å². The fourth-order valence-corrected chi connectivity index (χ4v) is 4.30. The van der Waals surface area contributed by atoms with E-state index >= 15 is 0 Å². The number of rotatable bonds is 4. The number of aromatic amines is 2. The van der Waals surface area contributed by atoms with Gasteiger partial charge in [-0.15, -0.1) is 23.7 Å². The van der Waals surface area contributed by atoms with Crippen molar-refractivity contribution in [3.63, 3.8) is 0 Å². The summed E-state index contributed by atoms with van der Waals surface area (Å²) < 4.78 is 5.31. The third-order valence-electron chi connectivity index (χ3n) is 4.90. The summed E-state index contributed by atoms with van der Waals surface area (Å²) in [6.45, 7) is 2.11. The van der Waals surface area contributed by atoms with E-state index < -0.39 is 0 Å². The molecule has 5 rings (SSSR count). The normalized spacial score (nSPS) is 10.8. The van der Waals surface area contributed by atoms with E-state index in [1.165, 1.54) is 10.3 Å². The number of nitrogens with one attached hydrogen (secondary N) is 2. The molecule has 6 heteroatoms. The van der Waals surface area contributed by atoms with Gasteiger partial charge in [0.05, 0.1) is 23.4 Å². The Hall–Kier alpha value is -3.02. The topological polar surface area (TPSA) is 53.7 Å². The zero-order valence-electron chi connectivity index (χ0n) is 16.0. The van der Waals surface area contributed by atoms with Crippen molar-refractivity contribution in [3.8, 4) is 39.0 Å². The molecule has 2 aromatic carbocycles. The van der Waals surface area contributed by atoms with Gasteiger partial charge in [-0.25, -0.2) is 4.98 Å². The first-order valence-corrected chi connectivity index (χ1v) is 9.92. The molecule has 0 radical (unpaired) electrons. The highest BCUT2D eigenvalue weighted by Crippen LogP contribution is 2.38. The standard InChI is InChI=1S/C23H19N3OS.ClH/c1-14-7-12-20(28-14)23-25-21(15-8-10-16(27-2)11-9-15)22(26-23)18-13-24-19-6-4-3-5-17(18)19;/h3-13,24H,1-2H3,(H,25,26);1H. The smallest absolute Gasteiger partial charge is 0.148 e. The summed E-state index contributed by atoms with van der Waals surface area (Å²) in [4.78, 5) is 14.3. The summed E-state index contributed by atoms with van der Waals surface area (Å²) in [7, 11) is 1.68. The highest BCUT2D eigenvalue weighted by molar-refractivity contribution is 7.15. The molecule has 0 aliphatic carbocycles. The number of halogens is 1. The molecule has 29 heavy (non-hydrogen) atoms. The summed E-state index contributed by atoms with van der Waals surface area (Å²) in [5.41, 5.74) is 5.24. The SMILES string of the molecule is COc1ccc(-c2nc(-c3ccc(C)s3)[nH]c2-c2c[nH]c3ccccc23)cc1.Cl. The highest BCUT2D eigenvalue weighted by Gasteiger charge is 2.18. The molecular formula is C23H20ClN3OS. The van der Waals surface area contributed by atoms with Crippen LogP contribution < -0.4 is 4.74 Å². The van der Waals surface area contributed by atoms with Crippen molar-refractivity contribution < 1.29 is 4.74 Å². The third kappa shape index (κ3) is 3.43. The second kappa shape index (κ2) is 7.78. The number of methoxy groups -OCH3 is 1. The maximum absolute atomic E-state index is 5.31. The van der Waals surface area contributed by atoms with E-state index in [0.29, 0.717) is 0 Å². The van der Waals surface area contributed by atoms with Gasteiger partial charge in [0.1, 0.15) is 11.6 Å². The first-order valence-electron chi connectivity index (χ1n) is 9.10. The van der Waals surface area contributed by atoms with Crippen LogP contribution in [0.1, 0.15) is 4.88 Å². The molecule has 0 unspecified atom stereocenters. The van der Waals surface area contributed by atoms with E-state index in [1.54, 1.807) is 18.4 Å². The number of nitrogens with zero attached hydrogens (tertiary/aromatic N) is 1. The summed E-state index contributed by atoms with van der Waals surface area (Å²) in [6, 6.07) is 20.6. The lowest BCUT2D eigenvalue weighted by Crippen LogP contribution is -1.85. The summed E-state index contributed by atoms with van der Waals surface area (Å²) in [5, 5.41) is 1.18. The van der Waals surface area contributed by atoms with Gasteiger partial charge in [-0.2, -0.15) is 0 Å². The van der Waals surface area contributed by atoms with Gasteiger partial charge < -0.3 is 14.7 Å². The average Bonchev–Trinajstić information content (AvgIpc) is 3.45. The molecule has 2 N–H and O–H groups in total. The molecule has 0 bridgehead atoms. The molecule has 0 spiro atoms. The average molecular weight is 422 g/mol. The summed E-state index contributed by atoms with van der Waals surface area (Å²) >= 11 is 1.74. The van der Waals surface area contributed by atoms with Crippen molar-refractivity contribution in [1.82, 2.24) is 15.0 Å². The van der Waals surface area contributed by atoms with E-state index in [4.69, 9.17) is 9.72 Å². The number of thiophene rings is 1. The summed E-state index contributed by atoms with van der Waals surface area (Å²) in [6.07, 6.45) is 2.05. The molecule has 146 valence electrons. The number of para-hydroxylation sites is 1. The van der Waals surface area contributed by atoms with Crippen molar-refractivity contribution in [1.29, 1.82) is 0 Å². The molecule has 0 atom stereocenters. The Balaban J connectivity index is 0.00000205. The first kappa shape index (κ1) is 19.3. The van der Waals surface area contributed by atoms with Crippen LogP contribution in [0.15, 0.2) is 66.9 Å². The van der Waals surface area contributed by atoms with Crippen LogP contribution in [-0.4, -0.2) is 22.1 Å². The van der Waals surface area contributed by atoms with Crippen molar-refractivity contribution in [2.45, 2.75) is 6.92 Å². The maximum atomic E-state index is 5.31. The van der Waals surface area contributed by atoms with Crippen molar-refractivity contribution >= 4 is 34.6 Å². The molecule has 4 nitrogen and oxygen atoms in total. The van der Waals surface area contributed by atoms with E-state index in [1.807, 2.05) is 18.2 Å². The van der Waals surface area contributed by atoms with Crippen LogP contribution in [0.2, 0.25) is 0 Å². The Morgan fingerprint density at radius 2 is 1.76 bits per heavy atom. The number of H-pyrrole nitrogens is 2. The fraction of sp³-hybridized carbons (Fsp3) is 0.0870. The van der Waals surface area contributed by atoms with Crippen LogP contribution >= 0.6 is 23.7 Å². The monoisotopic (exact) mass is 421 g/mol. The number of benzene rings is 2. The van der Waals surface area contributed by atoms with Gasteiger partial charge in [0.25, 0.3) is 0 Å². The number of aryl methyl sites for hydroxylation is 1. The minimum atomic E-state index is 0. The van der Waals surface area contributed by atoms with Crippen molar-refractivity contribution in [2.75, 3.05) is 7.11 Å². The number of fused-ring (bicyclic) bond motifs is 1. The predicted molar refractivity (Wildman–Crippen MR) is 123 cm³/mol. The lowest BCUT2D eigenvalue weighted by Gasteiger charge is -2.04. The molecule has 0 fully saturated rings. The van der Waals surface area contributed by atoms with E-state index in [2.05, 4.69) is 65.6 Å². The lowest BCUT2D eigenvalue weighted by atomic mass is 10.0. The molecular weight excluding hydrogens is 402 g/mol. The van der Waals surface area contributed by atoms with Gasteiger partial charge in [-0.05, 0) is 49.4 Å². The third-order valence-corrected chi connectivity index (χ3v) is 5.91. The van der Waals surface area contributed by atoms with Gasteiger partial charge in [-0.3, -0.25) is 0 Å². The van der Waals surface area contributed by atoms with Crippen LogP contribution in [-0.2, 0) is 0 Å². The Morgan fingerprint density at radius 3 is 2.48 bits per heavy atom. The molecule has 0 aliphatic rings. The molecule has 3 aromatic heterocycles. The predicted octanol–water partition coefficient (Wildman–Crippen LogP) is 6.69. The van der Waals surface area contributed by atoms with Crippen LogP contribution in [0.3, 0.4) is 0 Å². The maximum Gasteiger partial charge on any atom is 0.148 e. The second-order valence-electron chi connectivity index (χ2n) is 6.70. The Bertz CT molecular complexity index is 1270.